The Morgan fingerprint density at radius 2 is 1.79 bits per heavy atom. The van der Waals surface area contributed by atoms with Gasteiger partial charge < -0.3 is 15.0 Å². The van der Waals surface area contributed by atoms with E-state index in [0.717, 1.165) is 64.1 Å². The van der Waals surface area contributed by atoms with E-state index in [2.05, 4.69) is 31.8 Å². The zero-order valence-electron chi connectivity index (χ0n) is 17.8. The molecule has 2 bridgehead atoms. The molecule has 4 aliphatic rings. The lowest BCUT2D eigenvalue weighted by Gasteiger charge is -2.47. The average molecular weight is 401 g/mol. The summed E-state index contributed by atoms with van der Waals surface area (Å²) >= 11 is 0. The molecule has 1 aromatic rings. The number of fused-ring (bicyclic) bond motifs is 3. The Morgan fingerprint density at radius 1 is 1.03 bits per heavy atom. The van der Waals surface area contributed by atoms with E-state index in [1.54, 1.807) is 0 Å². The van der Waals surface area contributed by atoms with Gasteiger partial charge in [-0.2, -0.15) is 0 Å². The van der Waals surface area contributed by atoms with Gasteiger partial charge in [-0.15, -0.1) is 0 Å². The minimum absolute atomic E-state index is 0.586. The number of para-hydroxylation sites is 1. The summed E-state index contributed by atoms with van der Waals surface area (Å²) in [5.41, 5.74) is 0. The van der Waals surface area contributed by atoms with Crippen molar-refractivity contribution < 1.29 is 4.74 Å². The van der Waals surface area contributed by atoms with Gasteiger partial charge in [-0.25, -0.2) is 0 Å². The molecule has 0 radical (unpaired) electrons. The molecule has 7 heteroatoms. The molecule has 0 saturated carbocycles. The number of rotatable bonds is 7. The van der Waals surface area contributed by atoms with Crippen LogP contribution in [0.5, 0.6) is 5.75 Å². The molecule has 4 saturated heterocycles. The van der Waals surface area contributed by atoms with Crippen LogP contribution in [0.4, 0.5) is 0 Å². The highest BCUT2D eigenvalue weighted by molar-refractivity contribution is 5.80. The third-order valence-corrected chi connectivity index (χ3v) is 6.27. The van der Waals surface area contributed by atoms with E-state index in [9.17, 15) is 0 Å². The smallest absolute Gasteiger partial charge is 0.194 e. The van der Waals surface area contributed by atoms with Crippen molar-refractivity contribution in [2.75, 3.05) is 85.1 Å². The van der Waals surface area contributed by atoms with E-state index in [0.29, 0.717) is 6.04 Å². The zero-order valence-corrected chi connectivity index (χ0v) is 17.8. The van der Waals surface area contributed by atoms with Crippen molar-refractivity contribution in [1.82, 2.24) is 24.9 Å². The molecule has 29 heavy (non-hydrogen) atoms. The molecular formula is C22H36N6O. The van der Waals surface area contributed by atoms with E-state index in [1.165, 1.54) is 32.7 Å². The van der Waals surface area contributed by atoms with Gasteiger partial charge in [-0.1, -0.05) is 18.2 Å². The minimum Gasteiger partial charge on any atom is -0.492 e. The Balaban J connectivity index is 1.22. The summed E-state index contributed by atoms with van der Waals surface area (Å²) in [6, 6.07) is 10.7. The molecule has 1 N–H and O–H groups in total. The fraction of sp³-hybridized carbons (Fsp3) is 0.682. The summed E-state index contributed by atoms with van der Waals surface area (Å²) in [7, 11) is 0. The number of nitrogens with zero attached hydrogens (tertiary/aromatic N) is 5. The lowest BCUT2D eigenvalue weighted by molar-refractivity contribution is 0.0173. The molecule has 1 unspecified atom stereocenters. The third kappa shape index (κ3) is 5.62. The van der Waals surface area contributed by atoms with Crippen LogP contribution in [0.2, 0.25) is 0 Å². The Labute approximate surface area is 175 Å². The molecule has 7 nitrogen and oxygen atoms in total. The van der Waals surface area contributed by atoms with Gasteiger partial charge in [0.25, 0.3) is 0 Å². The lowest BCUT2D eigenvalue weighted by atomic mass is 10.1. The van der Waals surface area contributed by atoms with Crippen LogP contribution in [0.1, 0.15) is 6.92 Å². The van der Waals surface area contributed by atoms with Gasteiger partial charge in [0, 0.05) is 78.0 Å². The summed E-state index contributed by atoms with van der Waals surface area (Å²) in [4.78, 5) is 15.1. The number of aliphatic imine (C=N–C) groups is 1. The van der Waals surface area contributed by atoms with Crippen LogP contribution in [-0.4, -0.2) is 117 Å². The molecule has 0 aliphatic carbocycles. The largest absolute Gasteiger partial charge is 0.492 e. The SMILES string of the molecule is CCNC(=NCC1CN2CCN1CC2)N1CCN(CCOc2ccccc2)CC1. The van der Waals surface area contributed by atoms with E-state index < -0.39 is 0 Å². The highest BCUT2D eigenvalue weighted by Gasteiger charge is 2.31. The van der Waals surface area contributed by atoms with Crippen molar-refractivity contribution in [2.24, 2.45) is 4.99 Å². The first kappa shape index (κ1) is 20.4. The van der Waals surface area contributed by atoms with Crippen molar-refractivity contribution >= 4 is 5.96 Å². The molecule has 160 valence electrons. The second-order valence-corrected chi connectivity index (χ2v) is 8.18. The predicted molar refractivity (Wildman–Crippen MR) is 118 cm³/mol. The first-order valence-electron chi connectivity index (χ1n) is 11.2. The maximum Gasteiger partial charge on any atom is 0.194 e. The summed E-state index contributed by atoms with van der Waals surface area (Å²) in [6.07, 6.45) is 0. The number of ether oxygens (including phenoxy) is 1. The Kier molecular flexibility index (Phi) is 7.24. The topological polar surface area (TPSA) is 46.6 Å². The molecule has 0 aromatic heterocycles. The fourth-order valence-electron chi connectivity index (χ4n) is 4.51. The second-order valence-electron chi connectivity index (χ2n) is 8.18. The number of hydrogen-bond donors (Lipinski definition) is 1. The normalized spacial score (nSPS) is 27.8. The molecule has 1 aromatic carbocycles. The van der Waals surface area contributed by atoms with Crippen LogP contribution < -0.4 is 10.1 Å². The lowest BCUT2D eigenvalue weighted by Crippen LogP contribution is -2.62. The minimum atomic E-state index is 0.586. The molecule has 4 fully saturated rings. The van der Waals surface area contributed by atoms with E-state index in [1.807, 2.05) is 30.3 Å². The van der Waals surface area contributed by atoms with Gasteiger partial charge in [-0.3, -0.25) is 19.7 Å². The maximum atomic E-state index is 5.85. The fourth-order valence-corrected chi connectivity index (χ4v) is 4.51. The first-order valence-corrected chi connectivity index (χ1v) is 11.2. The van der Waals surface area contributed by atoms with Crippen LogP contribution in [-0.2, 0) is 0 Å². The van der Waals surface area contributed by atoms with E-state index in [4.69, 9.17) is 9.73 Å². The van der Waals surface area contributed by atoms with Crippen molar-refractivity contribution in [2.45, 2.75) is 13.0 Å². The highest BCUT2D eigenvalue weighted by Crippen LogP contribution is 2.16. The summed E-state index contributed by atoms with van der Waals surface area (Å²) in [5.74, 6) is 2.04. The summed E-state index contributed by atoms with van der Waals surface area (Å²) in [6.45, 7) is 15.9. The van der Waals surface area contributed by atoms with Crippen LogP contribution >= 0.6 is 0 Å². The first-order chi connectivity index (χ1) is 14.3. The molecule has 0 spiro atoms. The maximum absolute atomic E-state index is 5.85. The van der Waals surface area contributed by atoms with Gasteiger partial charge in [0.15, 0.2) is 5.96 Å². The number of piperazine rings is 4. The van der Waals surface area contributed by atoms with Crippen molar-refractivity contribution in [3.05, 3.63) is 30.3 Å². The number of benzene rings is 1. The number of nitrogens with one attached hydrogen (secondary N) is 1. The Morgan fingerprint density at radius 3 is 2.45 bits per heavy atom. The van der Waals surface area contributed by atoms with Gasteiger partial charge in [-0.05, 0) is 19.1 Å². The number of guanidine groups is 1. The van der Waals surface area contributed by atoms with Crippen LogP contribution in [0, 0.1) is 0 Å². The van der Waals surface area contributed by atoms with Crippen molar-refractivity contribution in [3.8, 4) is 5.75 Å². The highest BCUT2D eigenvalue weighted by atomic mass is 16.5. The predicted octanol–water partition coefficient (Wildman–Crippen LogP) is 0.648. The second kappa shape index (κ2) is 10.3. The van der Waals surface area contributed by atoms with Crippen LogP contribution in [0.15, 0.2) is 35.3 Å². The molecule has 4 heterocycles. The Hall–Kier alpha value is -1.83. The average Bonchev–Trinajstić information content (AvgIpc) is 2.79. The van der Waals surface area contributed by atoms with E-state index >= 15 is 0 Å². The molecule has 4 aliphatic heterocycles. The van der Waals surface area contributed by atoms with Crippen molar-refractivity contribution in [1.29, 1.82) is 0 Å². The number of hydrogen-bond acceptors (Lipinski definition) is 5. The molecule has 1 atom stereocenters. The Bertz CT molecular complexity index is 638. The standard InChI is InChI=1S/C22H36N6O/c1-2-23-22(24-18-20-19-26-10-12-27(20)13-11-26)28-14-8-25(9-15-28)16-17-29-21-6-4-3-5-7-21/h3-7,20H,2,8-19H2,1H3,(H,23,24). The van der Waals surface area contributed by atoms with Gasteiger partial charge in [0.05, 0.1) is 6.54 Å². The van der Waals surface area contributed by atoms with Crippen LogP contribution in [0.3, 0.4) is 0 Å². The third-order valence-electron chi connectivity index (χ3n) is 6.27. The van der Waals surface area contributed by atoms with Gasteiger partial charge in [0.2, 0.25) is 0 Å². The monoisotopic (exact) mass is 400 g/mol. The zero-order chi connectivity index (χ0) is 19.9. The van der Waals surface area contributed by atoms with Gasteiger partial charge in [0.1, 0.15) is 12.4 Å². The molecule has 0 amide bonds. The molecular weight excluding hydrogens is 364 g/mol. The molecule has 5 rings (SSSR count). The quantitative estimate of drug-likeness (QED) is 0.536. The summed E-state index contributed by atoms with van der Waals surface area (Å²) in [5, 5.41) is 3.52. The van der Waals surface area contributed by atoms with E-state index in [-0.39, 0.29) is 0 Å². The van der Waals surface area contributed by atoms with Crippen molar-refractivity contribution in [3.63, 3.8) is 0 Å². The van der Waals surface area contributed by atoms with Gasteiger partial charge >= 0.3 is 0 Å². The van der Waals surface area contributed by atoms with Crippen LogP contribution in [0.25, 0.3) is 0 Å². The summed E-state index contributed by atoms with van der Waals surface area (Å²) < 4.78 is 5.85.